The van der Waals surface area contributed by atoms with Crippen molar-refractivity contribution >= 4 is 29.1 Å². The van der Waals surface area contributed by atoms with Crippen molar-refractivity contribution in [2.45, 2.75) is 13.5 Å². The summed E-state index contributed by atoms with van der Waals surface area (Å²) in [5, 5.41) is 1.08. The van der Waals surface area contributed by atoms with Crippen molar-refractivity contribution in [2.75, 3.05) is 24.6 Å². The van der Waals surface area contributed by atoms with E-state index in [0.717, 1.165) is 29.6 Å². The smallest absolute Gasteiger partial charge is 0.191 e. The second-order valence-electron chi connectivity index (χ2n) is 3.62. The van der Waals surface area contributed by atoms with Crippen molar-refractivity contribution in [3.05, 3.63) is 16.1 Å². The molecule has 0 unspecified atom stereocenters. The topological polar surface area (TPSA) is 54.5 Å². The first-order chi connectivity index (χ1) is 7.75. The van der Waals surface area contributed by atoms with E-state index in [1.807, 2.05) is 24.9 Å². The largest absolute Gasteiger partial charge is 0.370 e. The minimum Gasteiger partial charge on any atom is -0.370 e. The van der Waals surface area contributed by atoms with Crippen LogP contribution in [-0.4, -0.2) is 40.4 Å². The minimum atomic E-state index is 0.654. The fourth-order valence-corrected chi connectivity index (χ4v) is 3.15. The second-order valence-corrected chi connectivity index (χ2v) is 6.16. The summed E-state index contributed by atoms with van der Waals surface area (Å²) in [6.07, 6.45) is 1.88. The Morgan fingerprint density at radius 1 is 1.56 bits per heavy atom. The van der Waals surface area contributed by atoms with Crippen molar-refractivity contribution in [3.63, 3.8) is 0 Å². The summed E-state index contributed by atoms with van der Waals surface area (Å²) >= 11 is 3.65. The molecule has 1 aromatic heterocycles. The van der Waals surface area contributed by atoms with Gasteiger partial charge in [-0.15, -0.1) is 11.3 Å². The first-order valence-electron chi connectivity index (χ1n) is 5.29. The van der Waals surface area contributed by atoms with Crippen molar-refractivity contribution in [3.8, 4) is 0 Å². The lowest BCUT2D eigenvalue weighted by Crippen LogP contribution is -2.42. The molecule has 0 saturated carbocycles. The average Bonchev–Trinajstić information content (AvgIpc) is 2.73. The quantitative estimate of drug-likeness (QED) is 0.640. The van der Waals surface area contributed by atoms with E-state index in [0.29, 0.717) is 12.5 Å². The van der Waals surface area contributed by atoms with Crippen LogP contribution in [0, 0.1) is 6.92 Å². The number of nitrogens with zero attached hydrogens (tertiary/aromatic N) is 3. The number of nitrogens with two attached hydrogens (primary N) is 1. The molecule has 0 amide bonds. The van der Waals surface area contributed by atoms with Gasteiger partial charge in [0.2, 0.25) is 0 Å². The molecule has 0 radical (unpaired) electrons. The fourth-order valence-electron chi connectivity index (χ4n) is 1.53. The Balaban J connectivity index is 1.90. The molecule has 1 aliphatic heterocycles. The van der Waals surface area contributed by atoms with Gasteiger partial charge in [0.1, 0.15) is 0 Å². The van der Waals surface area contributed by atoms with Gasteiger partial charge in [-0.05, 0) is 6.92 Å². The third-order valence-corrected chi connectivity index (χ3v) is 4.24. The van der Waals surface area contributed by atoms with Crippen molar-refractivity contribution in [2.24, 2.45) is 10.7 Å². The first-order valence-corrected chi connectivity index (χ1v) is 7.27. The summed E-state index contributed by atoms with van der Waals surface area (Å²) in [6.45, 7) is 4.69. The summed E-state index contributed by atoms with van der Waals surface area (Å²) < 4.78 is 0. The lowest BCUT2D eigenvalue weighted by Gasteiger charge is -2.27. The van der Waals surface area contributed by atoms with Gasteiger partial charge in [0.05, 0.1) is 11.6 Å². The van der Waals surface area contributed by atoms with Gasteiger partial charge in [0.15, 0.2) is 5.96 Å². The summed E-state index contributed by atoms with van der Waals surface area (Å²) in [4.78, 5) is 11.9. The molecular formula is C10H16N4S2. The predicted molar refractivity (Wildman–Crippen MR) is 71.1 cm³/mol. The van der Waals surface area contributed by atoms with Crippen LogP contribution in [0.3, 0.4) is 0 Å². The molecule has 0 aliphatic carbocycles. The number of aryl methyl sites for hydroxylation is 1. The Hall–Kier alpha value is -0.750. The molecule has 4 nitrogen and oxygen atoms in total. The molecule has 0 spiro atoms. The van der Waals surface area contributed by atoms with Gasteiger partial charge in [-0.2, -0.15) is 11.8 Å². The second kappa shape index (κ2) is 5.54. The molecule has 6 heteroatoms. The third kappa shape index (κ3) is 3.12. The zero-order valence-corrected chi connectivity index (χ0v) is 11.0. The van der Waals surface area contributed by atoms with Gasteiger partial charge in [-0.25, -0.2) is 9.98 Å². The van der Waals surface area contributed by atoms with Gasteiger partial charge in [0.25, 0.3) is 0 Å². The molecule has 0 bridgehead atoms. The van der Waals surface area contributed by atoms with Crippen molar-refractivity contribution in [1.82, 2.24) is 9.88 Å². The van der Waals surface area contributed by atoms with E-state index in [4.69, 9.17) is 5.73 Å². The first kappa shape index (κ1) is 11.7. The van der Waals surface area contributed by atoms with Gasteiger partial charge >= 0.3 is 0 Å². The van der Waals surface area contributed by atoms with Gasteiger partial charge in [0, 0.05) is 35.7 Å². The zero-order valence-electron chi connectivity index (χ0n) is 9.35. The van der Waals surface area contributed by atoms with E-state index in [9.17, 15) is 0 Å². The number of aliphatic imine (C=N–C) groups is 1. The Morgan fingerprint density at radius 2 is 2.31 bits per heavy atom. The number of guanidine groups is 1. The van der Waals surface area contributed by atoms with Crippen LogP contribution >= 0.6 is 23.1 Å². The van der Waals surface area contributed by atoms with E-state index in [-0.39, 0.29) is 0 Å². The van der Waals surface area contributed by atoms with Gasteiger partial charge in [-0.3, -0.25) is 0 Å². The molecule has 16 heavy (non-hydrogen) atoms. The molecular weight excluding hydrogens is 240 g/mol. The number of aromatic nitrogens is 1. The third-order valence-electron chi connectivity index (χ3n) is 2.40. The van der Waals surface area contributed by atoms with Crippen LogP contribution in [0.5, 0.6) is 0 Å². The predicted octanol–water partition coefficient (Wildman–Crippen LogP) is 1.32. The molecule has 2 heterocycles. The molecule has 1 aromatic rings. The summed E-state index contributed by atoms with van der Waals surface area (Å²) in [5.74, 6) is 2.97. The number of rotatable bonds is 2. The van der Waals surface area contributed by atoms with Crippen LogP contribution < -0.4 is 5.73 Å². The Bertz CT molecular complexity index is 369. The standard InChI is InChI=1S/C10H16N4S2/c1-8-12-6-9(16-8)7-13-10(11)14-2-4-15-5-3-14/h6H,2-5,7H2,1H3,(H2,11,13). The molecule has 2 N–H and O–H groups in total. The Labute approximate surface area is 104 Å². The van der Waals surface area contributed by atoms with Crippen molar-refractivity contribution in [1.29, 1.82) is 0 Å². The number of thioether (sulfide) groups is 1. The monoisotopic (exact) mass is 256 g/mol. The minimum absolute atomic E-state index is 0.654. The molecule has 2 rings (SSSR count). The number of hydrogen-bond acceptors (Lipinski definition) is 4. The van der Waals surface area contributed by atoms with Crippen LogP contribution in [-0.2, 0) is 6.54 Å². The molecule has 88 valence electrons. The summed E-state index contributed by atoms with van der Waals surface area (Å²) in [5.41, 5.74) is 5.95. The maximum Gasteiger partial charge on any atom is 0.191 e. The highest BCUT2D eigenvalue weighted by atomic mass is 32.2. The zero-order chi connectivity index (χ0) is 11.4. The Morgan fingerprint density at radius 3 is 2.94 bits per heavy atom. The van der Waals surface area contributed by atoms with Crippen LogP contribution in [0.1, 0.15) is 9.88 Å². The molecule has 0 atom stereocenters. The number of thiazole rings is 1. The lowest BCUT2D eigenvalue weighted by atomic mass is 10.5. The highest BCUT2D eigenvalue weighted by molar-refractivity contribution is 7.99. The van der Waals surface area contributed by atoms with Crippen LogP contribution in [0.2, 0.25) is 0 Å². The average molecular weight is 256 g/mol. The lowest BCUT2D eigenvalue weighted by molar-refractivity contribution is 0.456. The fraction of sp³-hybridized carbons (Fsp3) is 0.600. The van der Waals surface area contributed by atoms with E-state index in [1.165, 1.54) is 4.88 Å². The number of hydrogen-bond donors (Lipinski definition) is 1. The maximum absolute atomic E-state index is 5.95. The maximum atomic E-state index is 5.95. The van der Waals surface area contributed by atoms with Crippen LogP contribution in [0.15, 0.2) is 11.2 Å². The highest BCUT2D eigenvalue weighted by Crippen LogP contribution is 2.13. The van der Waals surface area contributed by atoms with Crippen LogP contribution in [0.25, 0.3) is 0 Å². The van der Waals surface area contributed by atoms with E-state index in [1.54, 1.807) is 11.3 Å². The molecule has 1 aliphatic rings. The van der Waals surface area contributed by atoms with Gasteiger partial charge < -0.3 is 10.6 Å². The van der Waals surface area contributed by atoms with E-state index >= 15 is 0 Å². The Kier molecular flexibility index (Phi) is 4.06. The summed E-state index contributed by atoms with van der Waals surface area (Å²) in [7, 11) is 0. The molecule has 1 fully saturated rings. The highest BCUT2D eigenvalue weighted by Gasteiger charge is 2.11. The van der Waals surface area contributed by atoms with Crippen LogP contribution in [0.4, 0.5) is 0 Å². The normalized spacial score (nSPS) is 17.8. The molecule has 0 aromatic carbocycles. The summed E-state index contributed by atoms with van der Waals surface area (Å²) in [6, 6.07) is 0. The SMILES string of the molecule is Cc1ncc(CN=C(N)N2CCSCC2)s1. The van der Waals surface area contributed by atoms with Gasteiger partial charge in [-0.1, -0.05) is 0 Å². The van der Waals surface area contributed by atoms with Crippen molar-refractivity contribution < 1.29 is 0 Å². The molecule has 1 saturated heterocycles. The van der Waals surface area contributed by atoms with E-state index in [2.05, 4.69) is 14.9 Å². The van der Waals surface area contributed by atoms with E-state index < -0.39 is 0 Å².